The van der Waals surface area contributed by atoms with Crippen molar-refractivity contribution in [3.05, 3.63) is 0 Å². The zero-order valence-electron chi connectivity index (χ0n) is 11.3. The highest BCUT2D eigenvalue weighted by Gasteiger charge is 2.28. The van der Waals surface area contributed by atoms with Crippen molar-refractivity contribution in [2.75, 3.05) is 19.8 Å². The largest absolute Gasteiger partial charge is 0.370 e. The molecule has 0 bridgehead atoms. The van der Waals surface area contributed by atoms with E-state index in [0.29, 0.717) is 25.0 Å². The standard InChI is InChI=1S/C13H24N2O3/c1-9-5-10(2)7-11(6-9)13(17)15-3-4-18-8-12(14)16/h9-11H,3-8H2,1-2H3,(H2,14,16)(H,15,17)/t9-,10-/m1/s1. The molecule has 1 aliphatic rings. The van der Waals surface area contributed by atoms with Gasteiger partial charge in [0.2, 0.25) is 11.8 Å². The highest BCUT2D eigenvalue weighted by molar-refractivity contribution is 5.78. The second-order valence-corrected chi connectivity index (χ2v) is 5.42. The maximum absolute atomic E-state index is 11.9. The summed E-state index contributed by atoms with van der Waals surface area (Å²) in [7, 11) is 0. The van der Waals surface area contributed by atoms with E-state index in [2.05, 4.69) is 19.2 Å². The molecule has 1 aliphatic carbocycles. The first-order valence-corrected chi connectivity index (χ1v) is 6.62. The van der Waals surface area contributed by atoms with E-state index in [1.54, 1.807) is 0 Å². The minimum Gasteiger partial charge on any atom is -0.370 e. The highest BCUT2D eigenvalue weighted by atomic mass is 16.5. The SMILES string of the molecule is C[C@H]1CC(C(=O)NCCOCC(N)=O)C[C@H](C)C1. The van der Waals surface area contributed by atoms with Crippen molar-refractivity contribution in [1.82, 2.24) is 5.32 Å². The summed E-state index contributed by atoms with van der Waals surface area (Å²) in [6, 6.07) is 0. The van der Waals surface area contributed by atoms with E-state index in [-0.39, 0.29) is 18.4 Å². The van der Waals surface area contributed by atoms with Crippen LogP contribution < -0.4 is 11.1 Å². The lowest BCUT2D eigenvalue weighted by Crippen LogP contribution is -2.37. The normalized spacial score (nSPS) is 27.8. The number of nitrogens with one attached hydrogen (secondary N) is 1. The third-order valence-corrected chi connectivity index (χ3v) is 3.34. The van der Waals surface area contributed by atoms with Crippen LogP contribution in [0.15, 0.2) is 0 Å². The zero-order valence-corrected chi connectivity index (χ0v) is 11.3. The van der Waals surface area contributed by atoms with E-state index in [0.717, 1.165) is 12.8 Å². The maximum Gasteiger partial charge on any atom is 0.243 e. The minimum atomic E-state index is -0.490. The lowest BCUT2D eigenvalue weighted by Gasteiger charge is -2.30. The molecule has 1 rings (SSSR count). The molecule has 104 valence electrons. The average molecular weight is 256 g/mol. The van der Waals surface area contributed by atoms with Crippen LogP contribution in [0.25, 0.3) is 0 Å². The van der Waals surface area contributed by atoms with E-state index in [1.807, 2.05) is 0 Å². The molecule has 0 unspecified atom stereocenters. The summed E-state index contributed by atoms with van der Waals surface area (Å²) in [6.45, 7) is 5.07. The van der Waals surface area contributed by atoms with Crippen molar-refractivity contribution in [3.63, 3.8) is 0 Å². The molecule has 3 N–H and O–H groups in total. The van der Waals surface area contributed by atoms with Gasteiger partial charge in [-0.2, -0.15) is 0 Å². The van der Waals surface area contributed by atoms with Crippen molar-refractivity contribution >= 4 is 11.8 Å². The molecule has 0 saturated heterocycles. The molecule has 0 aliphatic heterocycles. The Morgan fingerprint density at radius 1 is 1.22 bits per heavy atom. The van der Waals surface area contributed by atoms with E-state index >= 15 is 0 Å². The molecule has 0 aromatic rings. The van der Waals surface area contributed by atoms with Crippen LogP contribution in [0, 0.1) is 17.8 Å². The molecule has 0 spiro atoms. The number of carbonyl (C=O) groups is 2. The van der Waals surface area contributed by atoms with E-state index in [9.17, 15) is 9.59 Å². The lowest BCUT2D eigenvalue weighted by molar-refractivity contribution is -0.127. The predicted octanol–water partition coefficient (Wildman–Crippen LogP) is 0.677. The van der Waals surface area contributed by atoms with Gasteiger partial charge in [0.15, 0.2) is 0 Å². The van der Waals surface area contributed by atoms with Gasteiger partial charge in [-0.3, -0.25) is 9.59 Å². The number of rotatable bonds is 6. The zero-order chi connectivity index (χ0) is 13.5. The Hall–Kier alpha value is -1.10. The number of hydrogen-bond donors (Lipinski definition) is 2. The van der Waals surface area contributed by atoms with Crippen molar-refractivity contribution in [2.24, 2.45) is 23.5 Å². The van der Waals surface area contributed by atoms with Crippen LogP contribution in [0.4, 0.5) is 0 Å². The third-order valence-electron chi connectivity index (χ3n) is 3.34. The summed E-state index contributed by atoms with van der Waals surface area (Å²) < 4.78 is 4.99. The summed E-state index contributed by atoms with van der Waals surface area (Å²) >= 11 is 0. The molecule has 0 radical (unpaired) electrons. The lowest BCUT2D eigenvalue weighted by atomic mass is 9.76. The van der Waals surface area contributed by atoms with Gasteiger partial charge in [-0.15, -0.1) is 0 Å². The van der Waals surface area contributed by atoms with Gasteiger partial charge in [0.05, 0.1) is 6.61 Å². The Morgan fingerprint density at radius 2 is 1.83 bits per heavy atom. The molecule has 5 heteroatoms. The van der Waals surface area contributed by atoms with E-state index in [4.69, 9.17) is 10.5 Å². The monoisotopic (exact) mass is 256 g/mol. The fourth-order valence-electron chi connectivity index (χ4n) is 2.72. The van der Waals surface area contributed by atoms with Gasteiger partial charge in [0, 0.05) is 12.5 Å². The molecule has 18 heavy (non-hydrogen) atoms. The number of ether oxygens (including phenoxy) is 1. The maximum atomic E-state index is 11.9. The van der Waals surface area contributed by atoms with Crippen molar-refractivity contribution in [2.45, 2.75) is 33.1 Å². The number of amides is 2. The van der Waals surface area contributed by atoms with E-state index < -0.39 is 5.91 Å². The molecule has 2 amide bonds. The highest BCUT2D eigenvalue weighted by Crippen LogP contribution is 2.32. The van der Waals surface area contributed by atoms with Crippen LogP contribution in [-0.2, 0) is 14.3 Å². The van der Waals surface area contributed by atoms with Gasteiger partial charge >= 0.3 is 0 Å². The summed E-state index contributed by atoms with van der Waals surface area (Å²) in [5.41, 5.74) is 4.93. The van der Waals surface area contributed by atoms with Crippen LogP contribution in [0.3, 0.4) is 0 Å². The smallest absolute Gasteiger partial charge is 0.243 e. The minimum absolute atomic E-state index is 0.0899. The van der Waals surface area contributed by atoms with Gasteiger partial charge in [-0.25, -0.2) is 0 Å². The average Bonchev–Trinajstić information content (AvgIpc) is 2.26. The topological polar surface area (TPSA) is 81.4 Å². The van der Waals surface area contributed by atoms with E-state index in [1.165, 1.54) is 6.42 Å². The summed E-state index contributed by atoms with van der Waals surface area (Å²) in [6.07, 6.45) is 3.15. The molecular weight excluding hydrogens is 232 g/mol. The number of hydrogen-bond acceptors (Lipinski definition) is 3. The number of primary amides is 1. The van der Waals surface area contributed by atoms with Crippen molar-refractivity contribution in [3.8, 4) is 0 Å². The van der Waals surface area contributed by atoms with Gasteiger partial charge in [-0.05, 0) is 31.1 Å². The Bertz CT molecular complexity index is 284. The first kappa shape index (κ1) is 15.0. The number of carbonyl (C=O) groups excluding carboxylic acids is 2. The summed E-state index contributed by atoms with van der Waals surface area (Å²) in [4.78, 5) is 22.4. The second kappa shape index (κ2) is 7.36. The van der Waals surface area contributed by atoms with Crippen molar-refractivity contribution in [1.29, 1.82) is 0 Å². The fourth-order valence-corrected chi connectivity index (χ4v) is 2.72. The first-order valence-electron chi connectivity index (χ1n) is 6.62. The molecule has 0 heterocycles. The molecule has 0 aromatic carbocycles. The second-order valence-electron chi connectivity index (χ2n) is 5.42. The Balaban J connectivity index is 2.18. The van der Waals surface area contributed by atoms with Gasteiger partial charge in [-0.1, -0.05) is 13.8 Å². The predicted molar refractivity (Wildman–Crippen MR) is 68.7 cm³/mol. The number of nitrogens with two attached hydrogens (primary N) is 1. The quantitative estimate of drug-likeness (QED) is 0.686. The van der Waals surface area contributed by atoms with Gasteiger partial charge < -0.3 is 15.8 Å². The fraction of sp³-hybridized carbons (Fsp3) is 0.846. The van der Waals surface area contributed by atoms with Gasteiger partial charge in [0.1, 0.15) is 6.61 Å². The van der Waals surface area contributed by atoms with Crippen LogP contribution in [0.5, 0.6) is 0 Å². The molecule has 1 saturated carbocycles. The first-order chi connectivity index (χ1) is 8.49. The van der Waals surface area contributed by atoms with Crippen LogP contribution in [0.1, 0.15) is 33.1 Å². The Labute approximate surface area is 108 Å². The molecule has 5 nitrogen and oxygen atoms in total. The molecule has 0 aromatic heterocycles. The van der Waals surface area contributed by atoms with Crippen LogP contribution in [-0.4, -0.2) is 31.6 Å². The van der Waals surface area contributed by atoms with Crippen molar-refractivity contribution < 1.29 is 14.3 Å². The molecule has 1 fully saturated rings. The third kappa shape index (κ3) is 5.49. The summed E-state index contributed by atoms with van der Waals surface area (Å²) in [5, 5.41) is 2.85. The Morgan fingerprint density at radius 3 is 2.39 bits per heavy atom. The van der Waals surface area contributed by atoms with Crippen LogP contribution in [0.2, 0.25) is 0 Å². The summed E-state index contributed by atoms with van der Waals surface area (Å²) in [5.74, 6) is 0.985. The molecule has 2 atom stereocenters. The van der Waals surface area contributed by atoms with Gasteiger partial charge in [0.25, 0.3) is 0 Å². The molecular formula is C13H24N2O3. The van der Waals surface area contributed by atoms with Crippen LogP contribution >= 0.6 is 0 Å². The Kier molecular flexibility index (Phi) is 6.12.